The Morgan fingerprint density at radius 3 is 1.24 bits per heavy atom. The van der Waals surface area contributed by atoms with Gasteiger partial charge in [-0.2, -0.15) is 0 Å². The van der Waals surface area contributed by atoms with Crippen LogP contribution in [0, 0.1) is 0 Å². The van der Waals surface area contributed by atoms with Gasteiger partial charge in [0.15, 0.2) is 21.1 Å². The summed E-state index contributed by atoms with van der Waals surface area (Å²) in [4.78, 5) is 31.7. The van der Waals surface area contributed by atoms with Crippen LogP contribution in [-0.2, 0) is 60.4 Å². The number of benzene rings is 2. The number of hydrogen-bond donors (Lipinski definition) is 1. The summed E-state index contributed by atoms with van der Waals surface area (Å²) in [7, 11) is -17.4. The van der Waals surface area contributed by atoms with Gasteiger partial charge in [0.05, 0.1) is 46.2 Å². The van der Waals surface area contributed by atoms with Crippen LogP contribution in [0.25, 0.3) is 0 Å². The fourth-order valence-corrected chi connectivity index (χ4v) is 6.50. The first-order valence-corrected chi connectivity index (χ1v) is 26.0. The summed E-state index contributed by atoms with van der Waals surface area (Å²) in [5.41, 5.74) is 0.774. The summed E-state index contributed by atoms with van der Waals surface area (Å²) in [6, 6.07) is 16.2. The third-order valence-corrected chi connectivity index (χ3v) is 11.7. The summed E-state index contributed by atoms with van der Waals surface area (Å²) in [6.45, 7) is 14.5. The number of carbonyl (C=O) groups is 2. The molecule has 2 saturated heterocycles. The fraction of sp³-hybridized carbons (Fsp3) is 0.588. The molecule has 0 spiro atoms. The molecule has 59 heavy (non-hydrogen) atoms. The molecule has 0 aliphatic carbocycles. The van der Waals surface area contributed by atoms with Crippen LogP contribution >= 0.6 is 7.81 Å². The van der Waals surface area contributed by atoms with Gasteiger partial charge in [-0.1, -0.05) is 0 Å². The summed E-state index contributed by atoms with van der Waals surface area (Å²) in [5, 5.41) is 0. The van der Waals surface area contributed by atoms with Crippen molar-refractivity contribution < 1.29 is 83.5 Å². The van der Waals surface area contributed by atoms with E-state index in [0.717, 1.165) is 64.7 Å². The zero-order chi connectivity index (χ0) is 46.3. The molecular weight excluding hydrogens is 902 g/mol. The van der Waals surface area contributed by atoms with Gasteiger partial charge < -0.3 is 23.5 Å². The molecule has 0 amide bonds. The molecule has 2 aromatic carbocycles. The topological polar surface area (TPSA) is 193 Å². The van der Waals surface area contributed by atoms with E-state index in [1.807, 2.05) is 52.0 Å². The zero-order valence-corrected chi connectivity index (χ0v) is 38.6. The summed E-state index contributed by atoms with van der Waals surface area (Å²) in [5.74, 6) is 0.422. The van der Waals surface area contributed by atoms with Crippen LogP contribution in [0.3, 0.4) is 0 Å². The standard InChI is InChI=1S/2C16H24NO2S.2CH4O4S.F6P/c2*1-16(2,17-9-11-19-12-10-17)15(18)13-5-7-14(8-6-13)20(3)4;2*1-5-6(2,3)4;1-7(2,3,4,5)6/h2*5-8H,9-12H2,1-4H3;2*1H3,(H,2,3,4);/q2*+1;;;-1/p-1. The Bertz CT molecular complexity index is 1710. The number of hydrogen-bond acceptors (Lipinski definition) is 13. The normalized spacial score (nSPS) is 16.9. The molecule has 1 N–H and O–H groups in total. The van der Waals surface area contributed by atoms with Crippen molar-refractivity contribution in [2.24, 2.45) is 0 Å². The Morgan fingerprint density at radius 1 is 0.661 bits per heavy atom. The van der Waals surface area contributed by atoms with Crippen molar-refractivity contribution in [3.63, 3.8) is 0 Å². The van der Waals surface area contributed by atoms with Gasteiger partial charge >= 0.3 is 33.0 Å². The molecule has 2 fully saturated rings. The molecule has 25 heteroatoms. The predicted molar refractivity (Wildman–Crippen MR) is 216 cm³/mol. The van der Waals surface area contributed by atoms with Crippen LogP contribution in [0.5, 0.6) is 0 Å². The maximum absolute atomic E-state index is 12.8. The third-order valence-electron chi connectivity index (χ3n) is 8.49. The summed E-state index contributed by atoms with van der Waals surface area (Å²) < 4.78 is 132. The third kappa shape index (κ3) is 25.6. The van der Waals surface area contributed by atoms with Crippen molar-refractivity contribution >= 4 is 62.0 Å². The Morgan fingerprint density at radius 2 is 0.949 bits per heavy atom. The number of rotatable bonds is 10. The number of quaternary nitrogens is 1. The van der Waals surface area contributed by atoms with Gasteiger partial charge in [0, 0.05) is 46.0 Å². The molecule has 2 aromatic rings. The van der Waals surface area contributed by atoms with Crippen LogP contribution in [0.2, 0.25) is 0 Å². The van der Waals surface area contributed by atoms with Gasteiger partial charge in [0.2, 0.25) is 26.6 Å². The van der Waals surface area contributed by atoms with Crippen molar-refractivity contribution in [1.82, 2.24) is 4.90 Å². The van der Waals surface area contributed by atoms with E-state index in [9.17, 15) is 60.7 Å². The molecule has 4 rings (SSSR count). The van der Waals surface area contributed by atoms with Crippen molar-refractivity contribution in [3.05, 3.63) is 59.7 Å². The quantitative estimate of drug-likeness (QED) is 0.0870. The number of nitrogens with one attached hydrogen (secondary N) is 1. The van der Waals surface area contributed by atoms with E-state index in [-0.39, 0.29) is 38.9 Å². The van der Waals surface area contributed by atoms with Gasteiger partial charge in [0.25, 0.3) is 0 Å². The van der Waals surface area contributed by atoms with Gasteiger partial charge in [-0.15, -0.1) is 0 Å². The molecule has 0 saturated carbocycles. The molecular formula is C34H55F6N2O12PS4. The molecule has 2 heterocycles. The van der Waals surface area contributed by atoms with Gasteiger partial charge in [-0.25, -0.2) is 16.8 Å². The fourth-order valence-electron chi connectivity index (χ4n) is 5.14. The summed E-state index contributed by atoms with van der Waals surface area (Å²) >= 11 is 0. The molecule has 0 unspecified atom stereocenters. The zero-order valence-electron chi connectivity index (χ0n) is 34.5. The van der Waals surface area contributed by atoms with Crippen molar-refractivity contribution in [1.29, 1.82) is 0 Å². The predicted octanol–water partition coefficient (Wildman–Crippen LogP) is 4.59. The summed E-state index contributed by atoms with van der Waals surface area (Å²) in [6.07, 6.45) is 8.76. The Labute approximate surface area is 349 Å². The van der Waals surface area contributed by atoms with E-state index in [1.165, 1.54) is 14.7 Å². The minimum absolute atomic E-state index is 0.193. The Balaban J connectivity index is 0.000000801. The second-order valence-electron chi connectivity index (χ2n) is 13.9. The number of halogens is 6. The monoisotopic (exact) mass is 956 g/mol. The van der Waals surface area contributed by atoms with Gasteiger partial charge in [-0.3, -0.25) is 22.9 Å². The molecule has 0 aromatic heterocycles. The van der Waals surface area contributed by atoms with Crippen LogP contribution in [-0.4, -0.2) is 145 Å². The first-order chi connectivity index (χ1) is 26.4. The minimum atomic E-state index is -10.7. The van der Waals surface area contributed by atoms with Gasteiger partial charge in [-0.05, 0) is 76.2 Å². The van der Waals surface area contributed by atoms with E-state index in [1.54, 1.807) is 0 Å². The molecule has 0 radical (unpaired) electrons. The van der Waals surface area contributed by atoms with E-state index in [4.69, 9.17) is 9.47 Å². The van der Waals surface area contributed by atoms with Crippen molar-refractivity contribution in [2.45, 2.75) is 48.6 Å². The first-order valence-electron chi connectivity index (χ1n) is 17.2. The number of nitrogens with zero attached hydrogens (tertiary/aromatic N) is 1. The average molecular weight is 957 g/mol. The molecule has 2 aliphatic heterocycles. The van der Waals surface area contributed by atoms with E-state index in [0.29, 0.717) is 13.2 Å². The number of morpholine rings is 2. The second-order valence-corrected chi connectivity index (χ2v) is 22.4. The molecule has 0 atom stereocenters. The van der Waals surface area contributed by atoms with Gasteiger partial charge in [0.1, 0.15) is 38.1 Å². The molecule has 2 aliphatic rings. The SMILES string of the molecule is COS(=O)(=O)[O-].COS(=O)(=O)[O-].C[S+](C)c1ccc(C(=O)C(C)(C)N2CCOCC2)cc1.C[S+](C)c1ccc(C(=O)C(C)(C)[NH+]2CCOCC2)cc1.F[P-](F)(F)(F)(F)F. The first kappa shape index (κ1) is 57.1. The van der Waals surface area contributed by atoms with E-state index in [2.05, 4.69) is 62.6 Å². The molecule has 344 valence electrons. The van der Waals surface area contributed by atoms with Crippen LogP contribution in [0.1, 0.15) is 48.4 Å². The van der Waals surface area contributed by atoms with Crippen LogP contribution in [0.15, 0.2) is 58.3 Å². The second kappa shape index (κ2) is 22.4. The van der Waals surface area contributed by atoms with Crippen LogP contribution in [0.4, 0.5) is 25.2 Å². The molecule has 14 nitrogen and oxygen atoms in total. The average Bonchev–Trinajstić information content (AvgIpc) is 3.14. The van der Waals surface area contributed by atoms with E-state index >= 15 is 0 Å². The maximum atomic E-state index is 12.8. The van der Waals surface area contributed by atoms with E-state index < -0.39 is 34.1 Å². The molecule has 0 bridgehead atoms. The number of carbonyl (C=O) groups excluding carboxylic acids is 2. The number of ether oxygens (including phenoxy) is 2. The Kier molecular flexibility index (Phi) is 21.7. The Hall–Kier alpha value is -1.93. The van der Waals surface area contributed by atoms with Crippen molar-refractivity contribution in [2.75, 3.05) is 91.8 Å². The number of ketones is 2. The number of Topliss-reactive ketones (excluding diaryl/α,β-unsaturated/α-hetero) is 2. The van der Waals surface area contributed by atoms with Crippen molar-refractivity contribution in [3.8, 4) is 0 Å². The van der Waals surface area contributed by atoms with Crippen LogP contribution < -0.4 is 4.90 Å².